The first kappa shape index (κ1) is 94.2. The number of halogens is 3. The largest absolute Gasteiger partial charge is 0.414 e. The maximum Gasteiger partial charge on any atom is 0.414 e. The Kier molecular flexibility index (Phi) is 37.3. The van der Waals surface area contributed by atoms with Crippen LogP contribution in [0.3, 0.4) is 0 Å². The first-order chi connectivity index (χ1) is 51.3. The Balaban J connectivity index is 2.02. The molecule has 2 saturated heterocycles. The second kappa shape index (κ2) is 43.6. The predicted octanol–water partition coefficient (Wildman–Crippen LogP) is 6.78. The molecule has 0 spiro atoms. The number of aliphatic hydroxyl groups is 1. The minimum atomic E-state index is -5.05. The number of alkyl halides is 3. The molecule has 1 unspecified atom stereocenters. The normalized spacial score (nSPS) is 24.5. The average molecular weight is 1550 g/mol. The van der Waals surface area contributed by atoms with Gasteiger partial charge in [0.1, 0.15) is 66.5 Å². The van der Waals surface area contributed by atoms with E-state index in [2.05, 4.69) is 21.3 Å². The topological polar surface area (TPSA) is 308 Å². The molecule has 0 aromatic heterocycles. The molecule has 2 fully saturated rings. The van der Waals surface area contributed by atoms with Gasteiger partial charge in [0.05, 0.1) is 18.6 Å². The predicted molar refractivity (Wildman–Crippen MR) is 414 cm³/mol. The summed E-state index contributed by atoms with van der Waals surface area (Å²) >= 11 is 0. The number of benzene rings is 2. The highest BCUT2D eigenvalue weighted by atomic mass is 19.4. The van der Waals surface area contributed by atoms with Crippen LogP contribution in [0.2, 0.25) is 0 Å². The molecule has 2 heterocycles. The van der Waals surface area contributed by atoms with Crippen molar-refractivity contribution < 1.29 is 80.5 Å². The molecule has 12 amide bonds. The molecule has 0 radical (unpaired) electrons. The van der Waals surface area contributed by atoms with E-state index >= 15 is 38.4 Å². The van der Waals surface area contributed by atoms with E-state index in [0.29, 0.717) is 37.1 Å². The molecule has 2 aliphatic rings. The molecule has 0 bridgehead atoms. The van der Waals surface area contributed by atoms with E-state index in [1.54, 1.807) is 128 Å². The fourth-order valence-corrected chi connectivity index (χ4v) is 13.8. The number of ether oxygens (including phenoxy) is 1. The van der Waals surface area contributed by atoms with Crippen LogP contribution in [0.15, 0.2) is 60.7 Å². The van der Waals surface area contributed by atoms with E-state index in [1.165, 1.54) is 68.9 Å². The highest BCUT2D eigenvalue weighted by molar-refractivity contribution is 6.00. The molecule has 2 aromatic carbocycles. The lowest BCUT2D eigenvalue weighted by Crippen LogP contribution is -2.62. The summed E-state index contributed by atoms with van der Waals surface area (Å²) in [5, 5.41) is 21.5. The van der Waals surface area contributed by atoms with Crippen molar-refractivity contribution in [3.05, 3.63) is 71.8 Å². The molecule has 4 rings (SSSR count). The summed E-state index contributed by atoms with van der Waals surface area (Å²) in [6.07, 6.45) is -8.30. The number of amides is 12. The summed E-state index contributed by atoms with van der Waals surface area (Å²) in [7, 11) is 9.76. The van der Waals surface area contributed by atoms with Crippen molar-refractivity contribution in [3.63, 3.8) is 0 Å². The minimum Gasteiger partial charge on any atom is -0.384 e. The third-order valence-corrected chi connectivity index (χ3v) is 20.5. The van der Waals surface area contributed by atoms with Crippen molar-refractivity contribution in [2.75, 3.05) is 75.6 Å². The number of hydrogen-bond acceptors (Lipinski definition) is 14. The maximum atomic E-state index is 15.7. The third kappa shape index (κ3) is 28.8. The molecule has 0 aliphatic carbocycles. The monoisotopic (exact) mass is 1550 g/mol. The van der Waals surface area contributed by atoms with Gasteiger partial charge in [0, 0.05) is 88.2 Å². The third-order valence-electron chi connectivity index (χ3n) is 20.5. The van der Waals surface area contributed by atoms with Crippen molar-refractivity contribution in [1.29, 1.82) is 0 Å². The average Bonchev–Trinajstić information content (AvgIpc) is 0.806. The molecule has 0 saturated carbocycles. The lowest BCUT2D eigenvalue weighted by atomic mass is 9.96. The Bertz CT molecular complexity index is 3370. The van der Waals surface area contributed by atoms with Crippen LogP contribution < -0.4 is 21.3 Å². The summed E-state index contributed by atoms with van der Waals surface area (Å²) in [4.78, 5) is 192. The zero-order valence-electron chi connectivity index (χ0n) is 68.9. The van der Waals surface area contributed by atoms with Gasteiger partial charge in [-0.25, -0.2) is 0 Å². The van der Waals surface area contributed by atoms with Crippen LogP contribution in [0.5, 0.6) is 0 Å². The maximum absolute atomic E-state index is 15.7. The standard InChI is InChI=1S/C81H129F3N12O14/c1-50(2)42-60-73(103)88-69(54(9)10)79(109)95(20)65(47-56-34-26-22-27-35-56)78(108)93(18)63(46-55-32-24-21-25-33-55)72(102)87-59(49-110-80(11,12)13)75(105)91(16)61(43-51(3)4)70(100)85-57(36-30-37-66(97)81(82,83)84)74(104)94(19)64(45-53(7)8)77(107)92(17)62(44-52(5)6)71(101)86-58(76(106)96-40-28-23-29-41-96)48-68(99)89(14)39-31-38-67(98)90(60)15/h21-22,24-27,32-35,50-54,57-66,69,97H,23,28-31,36-49H2,1-20H3,(H,85,100)(H,86,101)(H,87,102)(H,88,103)/t57-,58-,59-,60-,61-,62-,63-,64-,65-,66?,69-/m0/s1. The first-order valence-corrected chi connectivity index (χ1v) is 39.1. The Hall–Kier alpha value is -8.21. The zero-order valence-corrected chi connectivity index (χ0v) is 68.9. The number of hydrogen-bond donors (Lipinski definition) is 5. The Morgan fingerprint density at radius 2 is 0.891 bits per heavy atom. The van der Waals surface area contributed by atoms with Gasteiger partial charge < -0.3 is 70.3 Å². The lowest BCUT2D eigenvalue weighted by molar-refractivity contribution is -0.205. The van der Waals surface area contributed by atoms with E-state index in [9.17, 15) is 37.5 Å². The summed E-state index contributed by atoms with van der Waals surface area (Å²) in [5.41, 5.74) is 0.273. The quantitative estimate of drug-likeness (QED) is 0.0913. The number of likely N-dealkylation sites (N-methyl/N-ethyl adjacent to an activating group) is 6. The summed E-state index contributed by atoms with van der Waals surface area (Å²) in [5.74, 6) is -10.5. The van der Waals surface area contributed by atoms with Gasteiger partial charge in [0.2, 0.25) is 70.9 Å². The number of nitrogens with zero attached hydrogens (tertiary/aromatic N) is 8. The number of carbonyl (C=O) groups is 12. The van der Waals surface area contributed by atoms with Gasteiger partial charge in [0.25, 0.3) is 0 Å². The van der Waals surface area contributed by atoms with Crippen molar-refractivity contribution in [2.24, 2.45) is 29.6 Å². The number of carbonyl (C=O) groups excluding carboxylic acids is 12. The molecule has 5 N–H and O–H groups in total. The van der Waals surface area contributed by atoms with Gasteiger partial charge in [-0.2, -0.15) is 13.2 Å². The molecule has 2 aromatic rings. The zero-order chi connectivity index (χ0) is 83.0. The van der Waals surface area contributed by atoms with Gasteiger partial charge in [-0.1, -0.05) is 130 Å². The molecule has 2 aliphatic heterocycles. The molecule has 11 atom stereocenters. The molecule has 110 heavy (non-hydrogen) atoms. The van der Waals surface area contributed by atoms with Crippen molar-refractivity contribution >= 4 is 70.9 Å². The summed E-state index contributed by atoms with van der Waals surface area (Å²) < 4.78 is 48.1. The van der Waals surface area contributed by atoms with Crippen LogP contribution in [-0.4, -0.2) is 269 Å². The number of rotatable bonds is 20. The molecular formula is C81H129F3N12O14. The van der Waals surface area contributed by atoms with Crippen molar-refractivity contribution in [1.82, 2.24) is 60.5 Å². The molecule has 26 nitrogen and oxygen atoms in total. The second-order valence-corrected chi connectivity index (χ2v) is 33.1. The fourth-order valence-electron chi connectivity index (χ4n) is 13.8. The van der Waals surface area contributed by atoms with Gasteiger partial charge in [0.15, 0.2) is 0 Å². The van der Waals surface area contributed by atoms with Gasteiger partial charge >= 0.3 is 6.18 Å². The lowest BCUT2D eigenvalue weighted by Gasteiger charge is -2.38. The van der Waals surface area contributed by atoms with Crippen LogP contribution in [0.25, 0.3) is 0 Å². The van der Waals surface area contributed by atoms with E-state index in [-0.39, 0.29) is 81.6 Å². The number of nitrogens with one attached hydrogen (secondary N) is 4. The smallest absolute Gasteiger partial charge is 0.384 e. The van der Waals surface area contributed by atoms with Crippen LogP contribution in [0.4, 0.5) is 13.2 Å². The van der Waals surface area contributed by atoms with E-state index in [4.69, 9.17) is 4.74 Å². The van der Waals surface area contributed by atoms with Crippen molar-refractivity contribution in [2.45, 2.75) is 265 Å². The fraction of sp³-hybridized carbons (Fsp3) is 0.704. The highest BCUT2D eigenvalue weighted by Crippen LogP contribution is 2.28. The first-order valence-electron chi connectivity index (χ1n) is 39.1. The van der Waals surface area contributed by atoms with Gasteiger partial charge in [-0.3, -0.25) is 57.5 Å². The van der Waals surface area contributed by atoms with Crippen LogP contribution >= 0.6 is 0 Å². The second-order valence-electron chi connectivity index (χ2n) is 33.1. The summed E-state index contributed by atoms with van der Waals surface area (Å²) in [6.45, 7) is 23.3. The van der Waals surface area contributed by atoms with Crippen molar-refractivity contribution in [3.8, 4) is 0 Å². The Labute approximate surface area is 650 Å². The van der Waals surface area contributed by atoms with E-state index < -0.39 is 187 Å². The Morgan fingerprint density at radius 3 is 1.38 bits per heavy atom. The SMILES string of the molecule is CC(C)C[C@H]1C(=O)N[C@@H](C(C)C)C(=O)N(C)[C@@H](Cc2ccccc2)C(=O)N(C)[C@@H](Cc2ccccc2)C(=O)N[C@@H](COC(C)(C)C)C(=O)N(C)[C@@H](CC(C)C)C(=O)N[C@@H](CCCC(O)C(F)(F)F)C(=O)N(C)[C@@H](CC(C)C)C(=O)N(C)[C@@H](CC(C)C)C(=O)N[C@H](C(=O)N2CCCCC2)CC(=O)N(C)CCCC(=O)N1C. The van der Waals surface area contributed by atoms with E-state index in [1.807, 2.05) is 27.7 Å². The molecule has 29 heteroatoms. The van der Waals surface area contributed by atoms with Crippen LogP contribution in [0, 0.1) is 29.6 Å². The van der Waals surface area contributed by atoms with Crippen LogP contribution in [0.1, 0.15) is 185 Å². The van der Waals surface area contributed by atoms with E-state index in [0.717, 1.165) is 21.1 Å². The molecular weight excluding hydrogens is 1420 g/mol. The highest BCUT2D eigenvalue weighted by Gasteiger charge is 2.45. The Morgan fingerprint density at radius 1 is 0.482 bits per heavy atom. The number of aliphatic hydroxyl groups excluding tert-OH is 1. The summed E-state index contributed by atoms with van der Waals surface area (Å²) in [6, 6.07) is 3.45. The number of likely N-dealkylation sites (tertiary alicyclic amines) is 1. The van der Waals surface area contributed by atoms with Crippen LogP contribution in [-0.2, 0) is 75.1 Å². The number of piperidine rings is 1. The minimum absolute atomic E-state index is 0.00291. The van der Waals surface area contributed by atoms with Gasteiger partial charge in [-0.15, -0.1) is 0 Å². The van der Waals surface area contributed by atoms with Gasteiger partial charge in [-0.05, 0) is 132 Å². The molecule has 618 valence electrons.